The van der Waals surface area contributed by atoms with Crippen molar-refractivity contribution in [1.29, 1.82) is 0 Å². The van der Waals surface area contributed by atoms with Crippen LogP contribution in [0.4, 0.5) is 18.9 Å². The number of halogens is 4. The van der Waals surface area contributed by atoms with E-state index >= 15 is 0 Å². The summed E-state index contributed by atoms with van der Waals surface area (Å²) in [5.41, 5.74) is -1.82. The maximum Gasteiger partial charge on any atom is 0.281 e. The van der Waals surface area contributed by atoms with Crippen molar-refractivity contribution >= 4 is 29.1 Å². The van der Waals surface area contributed by atoms with Gasteiger partial charge in [0.2, 0.25) is 0 Å². The number of amides is 2. The lowest BCUT2D eigenvalue weighted by molar-refractivity contribution is -0.132. The fourth-order valence-electron chi connectivity index (χ4n) is 5.41. The lowest BCUT2D eigenvalue weighted by atomic mass is 9.85. The molecule has 1 atom stereocenters. The first-order valence-corrected chi connectivity index (χ1v) is 12.7. The summed E-state index contributed by atoms with van der Waals surface area (Å²) in [6.07, 6.45) is 0.642. The number of aliphatic hydroxyl groups is 1. The topological polar surface area (TPSA) is 82.5 Å². The SMILES string of the molecule is O=C(N[C@H]1CC[C@H](CN2C(=O)C(O)(c3ccccc3)c3cc(F)ccc32)CC1)c1cc(Cl)cnc1C(F)F. The van der Waals surface area contributed by atoms with E-state index in [9.17, 15) is 27.9 Å². The number of benzene rings is 2. The van der Waals surface area contributed by atoms with E-state index < -0.39 is 35.4 Å². The minimum atomic E-state index is -2.91. The summed E-state index contributed by atoms with van der Waals surface area (Å²) < 4.78 is 40.8. The molecule has 3 aromatic rings. The Labute approximate surface area is 222 Å². The Morgan fingerprint density at radius 1 is 1.13 bits per heavy atom. The van der Waals surface area contributed by atoms with Gasteiger partial charge in [0.05, 0.1) is 16.3 Å². The third kappa shape index (κ3) is 4.76. The molecule has 0 spiro atoms. The molecule has 2 aromatic carbocycles. The standard InChI is InChI=1S/C28H25ClF3N3O3/c29-18-12-21(24(25(31)32)33-14-18)26(36)34-20-9-6-16(7-10-20)15-35-23-11-8-19(30)13-22(23)28(38,27(35)37)17-4-2-1-3-5-17/h1-5,8,11-14,16,20,25,38H,6-7,9-10,15H2,(H,34,36)/t16-,20-,28?. The second-order valence-electron chi connectivity index (χ2n) is 9.73. The molecular formula is C28H25ClF3N3O3. The van der Waals surface area contributed by atoms with Crippen LogP contribution in [0, 0.1) is 11.7 Å². The van der Waals surface area contributed by atoms with Gasteiger partial charge in [-0.2, -0.15) is 0 Å². The van der Waals surface area contributed by atoms with E-state index in [1.54, 1.807) is 30.3 Å². The van der Waals surface area contributed by atoms with Gasteiger partial charge >= 0.3 is 0 Å². The molecule has 0 radical (unpaired) electrons. The van der Waals surface area contributed by atoms with Crippen molar-refractivity contribution in [1.82, 2.24) is 10.3 Å². The Morgan fingerprint density at radius 2 is 1.84 bits per heavy atom. The quantitative estimate of drug-likeness (QED) is 0.437. The Balaban J connectivity index is 1.28. The van der Waals surface area contributed by atoms with E-state index in [2.05, 4.69) is 10.3 Å². The average Bonchev–Trinajstić information content (AvgIpc) is 3.12. The molecule has 1 fully saturated rings. The van der Waals surface area contributed by atoms with Crippen molar-refractivity contribution in [2.45, 2.75) is 43.8 Å². The van der Waals surface area contributed by atoms with Gasteiger partial charge in [0.25, 0.3) is 18.2 Å². The number of hydrogen-bond donors (Lipinski definition) is 2. The number of nitrogens with one attached hydrogen (secondary N) is 1. The number of rotatable bonds is 6. The molecule has 2 aliphatic rings. The zero-order chi connectivity index (χ0) is 27.0. The van der Waals surface area contributed by atoms with Gasteiger partial charge in [-0.25, -0.2) is 13.2 Å². The maximum atomic E-state index is 14.2. The Hall–Kier alpha value is -3.43. The van der Waals surface area contributed by atoms with Gasteiger partial charge in [0.15, 0.2) is 5.60 Å². The fraction of sp³-hybridized carbons (Fsp3) is 0.321. The molecule has 1 aliphatic heterocycles. The summed E-state index contributed by atoms with van der Waals surface area (Å²) in [5, 5.41) is 14.5. The van der Waals surface area contributed by atoms with Gasteiger partial charge in [0.1, 0.15) is 11.5 Å². The smallest absolute Gasteiger partial charge is 0.281 e. The van der Waals surface area contributed by atoms with Gasteiger partial charge in [-0.1, -0.05) is 41.9 Å². The monoisotopic (exact) mass is 543 g/mol. The van der Waals surface area contributed by atoms with Gasteiger partial charge in [-0.15, -0.1) is 0 Å². The molecule has 1 saturated carbocycles. The number of carbonyl (C=O) groups excluding carboxylic acids is 2. The predicted octanol–water partition coefficient (Wildman–Crippen LogP) is 5.38. The molecule has 2 amide bonds. The highest BCUT2D eigenvalue weighted by Crippen LogP contribution is 2.45. The summed E-state index contributed by atoms with van der Waals surface area (Å²) in [5.74, 6) is -1.67. The highest BCUT2D eigenvalue weighted by atomic mass is 35.5. The summed E-state index contributed by atoms with van der Waals surface area (Å²) in [7, 11) is 0. The van der Waals surface area contributed by atoms with Gasteiger partial charge < -0.3 is 15.3 Å². The van der Waals surface area contributed by atoms with Gasteiger partial charge in [-0.05, 0) is 61.4 Å². The average molecular weight is 544 g/mol. The Kier molecular flexibility index (Phi) is 7.15. The minimum Gasteiger partial charge on any atom is -0.372 e. The molecule has 2 N–H and O–H groups in total. The molecule has 1 aromatic heterocycles. The molecule has 2 heterocycles. The molecule has 38 heavy (non-hydrogen) atoms. The molecule has 198 valence electrons. The zero-order valence-corrected chi connectivity index (χ0v) is 21.0. The van der Waals surface area contributed by atoms with E-state index in [0.717, 1.165) is 6.20 Å². The minimum absolute atomic E-state index is 0.0626. The first-order chi connectivity index (χ1) is 18.2. The molecule has 1 aliphatic carbocycles. The molecule has 5 rings (SSSR count). The van der Waals surface area contributed by atoms with Crippen LogP contribution in [0.3, 0.4) is 0 Å². The van der Waals surface area contributed by atoms with Crippen LogP contribution in [0.5, 0.6) is 0 Å². The van der Waals surface area contributed by atoms with E-state index in [1.807, 2.05) is 0 Å². The molecule has 0 saturated heterocycles. The number of alkyl halides is 2. The van der Waals surface area contributed by atoms with Crippen molar-refractivity contribution < 1.29 is 27.9 Å². The normalized spacial score (nSPS) is 23.0. The highest BCUT2D eigenvalue weighted by Gasteiger charge is 2.51. The zero-order valence-electron chi connectivity index (χ0n) is 20.2. The molecule has 1 unspecified atom stereocenters. The maximum absolute atomic E-state index is 14.2. The van der Waals surface area contributed by atoms with Crippen LogP contribution in [-0.4, -0.2) is 34.5 Å². The second-order valence-corrected chi connectivity index (χ2v) is 10.2. The Morgan fingerprint density at radius 3 is 2.53 bits per heavy atom. The van der Waals surface area contributed by atoms with Crippen LogP contribution in [0.2, 0.25) is 5.02 Å². The lowest BCUT2D eigenvalue weighted by Crippen LogP contribution is -2.44. The van der Waals surface area contributed by atoms with Crippen LogP contribution in [0.1, 0.15) is 59.3 Å². The second kappa shape index (κ2) is 10.4. The number of pyridine rings is 1. The number of anilines is 1. The van der Waals surface area contributed by atoms with Crippen molar-refractivity contribution in [3.05, 3.63) is 94.0 Å². The van der Waals surface area contributed by atoms with Gasteiger partial charge in [0, 0.05) is 24.3 Å². The van der Waals surface area contributed by atoms with E-state index in [4.69, 9.17) is 11.6 Å². The first kappa shape index (κ1) is 26.2. The van der Waals surface area contributed by atoms with E-state index in [1.165, 1.54) is 29.2 Å². The van der Waals surface area contributed by atoms with Crippen molar-refractivity contribution in [2.75, 3.05) is 11.4 Å². The summed E-state index contributed by atoms with van der Waals surface area (Å²) in [6, 6.07) is 13.4. The number of nitrogens with zero attached hydrogens (tertiary/aromatic N) is 2. The summed E-state index contributed by atoms with van der Waals surface area (Å²) >= 11 is 5.87. The lowest BCUT2D eigenvalue weighted by Gasteiger charge is -2.32. The number of aromatic nitrogens is 1. The third-order valence-electron chi connectivity index (χ3n) is 7.34. The first-order valence-electron chi connectivity index (χ1n) is 12.3. The van der Waals surface area contributed by atoms with E-state index in [0.29, 0.717) is 43.5 Å². The van der Waals surface area contributed by atoms with Crippen LogP contribution in [0.25, 0.3) is 0 Å². The molecule has 10 heteroatoms. The van der Waals surface area contributed by atoms with Gasteiger partial charge in [-0.3, -0.25) is 14.6 Å². The Bertz CT molecular complexity index is 1370. The van der Waals surface area contributed by atoms with Crippen LogP contribution in [0.15, 0.2) is 60.8 Å². The van der Waals surface area contributed by atoms with E-state index in [-0.39, 0.29) is 28.1 Å². The van der Waals surface area contributed by atoms with Crippen molar-refractivity contribution in [2.24, 2.45) is 5.92 Å². The number of fused-ring (bicyclic) bond motifs is 1. The summed E-state index contributed by atoms with van der Waals surface area (Å²) in [4.78, 5) is 31.4. The fourth-order valence-corrected chi connectivity index (χ4v) is 5.57. The third-order valence-corrected chi connectivity index (χ3v) is 7.55. The molecule has 6 nitrogen and oxygen atoms in total. The van der Waals surface area contributed by atoms with Crippen molar-refractivity contribution in [3.8, 4) is 0 Å². The number of carbonyl (C=O) groups is 2. The number of hydrogen-bond acceptors (Lipinski definition) is 4. The predicted molar refractivity (Wildman–Crippen MR) is 136 cm³/mol. The summed E-state index contributed by atoms with van der Waals surface area (Å²) in [6.45, 7) is 0.320. The highest BCUT2D eigenvalue weighted by molar-refractivity contribution is 6.30. The largest absolute Gasteiger partial charge is 0.372 e. The van der Waals surface area contributed by atoms with Crippen LogP contribution < -0.4 is 10.2 Å². The van der Waals surface area contributed by atoms with Crippen LogP contribution >= 0.6 is 11.6 Å². The van der Waals surface area contributed by atoms with Crippen LogP contribution in [-0.2, 0) is 10.4 Å². The molecular weight excluding hydrogens is 519 g/mol. The van der Waals surface area contributed by atoms with Crippen molar-refractivity contribution in [3.63, 3.8) is 0 Å². The molecule has 0 bridgehead atoms.